The third kappa shape index (κ3) is 3.81. The first-order chi connectivity index (χ1) is 14.0. The molecule has 0 atom stereocenters. The number of hydrogen-bond donors (Lipinski definition) is 1. The van der Waals surface area contributed by atoms with Gasteiger partial charge in [-0.1, -0.05) is 12.1 Å². The number of aromatic nitrogens is 3. The standard InChI is InChI=1S/C23H24IN5/c1-15(2)28-22-8-6-5-7-21(22)26-23(28)27-25-14-18-13-16(3)29(17(18)4)20-11-9-19(24)10-12-20/h5-15H,1-4H3,(H,26,27)/b25-14+. The maximum atomic E-state index is 4.70. The van der Waals surface area contributed by atoms with Gasteiger partial charge in [0.2, 0.25) is 5.95 Å². The number of imidazole rings is 1. The molecule has 29 heavy (non-hydrogen) atoms. The summed E-state index contributed by atoms with van der Waals surface area (Å²) in [7, 11) is 0. The minimum absolute atomic E-state index is 0.283. The first-order valence-electron chi connectivity index (χ1n) is 9.66. The molecule has 0 spiro atoms. The predicted octanol–water partition coefficient (Wildman–Crippen LogP) is 6.08. The van der Waals surface area contributed by atoms with Crippen LogP contribution in [0, 0.1) is 17.4 Å². The molecule has 0 aliphatic carbocycles. The minimum atomic E-state index is 0.283. The van der Waals surface area contributed by atoms with Crippen molar-refractivity contribution < 1.29 is 0 Å². The van der Waals surface area contributed by atoms with Crippen molar-refractivity contribution in [1.82, 2.24) is 14.1 Å². The lowest BCUT2D eigenvalue weighted by molar-refractivity contribution is 0.623. The number of anilines is 1. The molecule has 5 nitrogen and oxygen atoms in total. The van der Waals surface area contributed by atoms with E-state index < -0.39 is 0 Å². The molecule has 2 aromatic carbocycles. The van der Waals surface area contributed by atoms with Crippen LogP contribution in [0.15, 0.2) is 59.7 Å². The Hall–Kier alpha value is -2.61. The molecule has 0 aliphatic rings. The summed E-state index contributed by atoms with van der Waals surface area (Å²) in [6.07, 6.45) is 1.87. The molecule has 0 radical (unpaired) electrons. The minimum Gasteiger partial charge on any atom is -0.318 e. The van der Waals surface area contributed by atoms with Crippen LogP contribution in [0.5, 0.6) is 0 Å². The number of fused-ring (bicyclic) bond motifs is 1. The monoisotopic (exact) mass is 497 g/mol. The number of para-hydroxylation sites is 2. The third-order valence-electron chi connectivity index (χ3n) is 5.04. The van der Waals surface area contributed by atoms with Gasteiger partial charge in [0.05, 0.1) is 17.2 Å². The molecule has 0 amide bonds. The highest BCUT2D eigenvalue weighted by atomic mass is 127. The highest BCUT2D eigenvalue weighted by Gasteiger charge is 2.13. The Bertz CT molecular complexity index is 1180. The Kier molecular flexibility index (Phi) is 5.45. The molecule has 0 fully saturated rings. The third-order valence-corrected chi connectivity index (χ3v) is 5.75. The van der Waals surface area contributed by atoms with Crippen molar-refractivity contribution in [3.63, 3.8) is 0 Å². The molecule has 2 heterocycles. The quantitative estimate of drug-likeness (QED) is 0.207. The molecule has 4 rings (SSSR count). The summed E-state index contributed by atoms with van der Waals surface area (Å²) >= 11 is 2.33. The van der Waals surface area contributed by atoms with Crippen molar-refractivity contribution in [2.45, 2.75) is 33.7 Å². The van der Waals surface area contributed by atoms with Gasteiger partial charge in [0.15, 0.2) is 0 Å². The van der Waals surface area contributed by atoms with Gasteiger partial charge in [-0.25, -0.2) is 10.4 Å². The molecule has 0 unspecified atom stereocenters. The second-order valence-corrected chi connectivity index (χ2v) is 8.64. The van der Waals surface area contributed by atoms with Crippen LogP contribution >= 0.6 is 22.6 Å². The van der Waals surface area contributed by atoms with Crippen molar-refractivity contribution in [2.24, 2.45) is 5.10 Å². The Morgan fingerprint density at radius 1 is 1.07 bits per heavy atom. The summed E-state index contributed by atoms with van der Waals surface area (Å²) in [6, 6.07) is 19.1. The van der Waals surface area contributed by atoms with Gasteiger partial charge in [0.1, 0.15) is 0 Å². The smallest absolute Gasteiger partial charge is 0.224 e. The van der Waals surface area contributed by atoms with E-state index >= 15 is 0 Å². The molecule has 0 bridgehead atoms. The number of halogens is 1. The lowest BCUT2D eigenvalue weighted by Crippen LogP contribution is -2.06. The van der Waals surface area contributed by atoms with Crippen LogP contribution in [0.4, 0.5) is 5.95 Å². The molecule has 4 aromatic rings. The number of benzene rings is 2. The van der Waals surface area contributed by atoms with Crippen molar-refractivity contribution in [3.05, 3.63) is 75.1 Å². The van der Waals surface area contributed by atoms with Gasteiger partial charge < -0.3 is 9.13 Å². The molecule has 6 heteroatoms. The van der Waals surface area contributed by atoms with Crippen molar-refractivity contribution in [3.8, 4) is 5.69 Å². The lowest BCUT2D eigenvalue weighted by atomic mass is 10.2. The van der Waals surface area contributed by atoms with Gasteiger partial charge in [-0.15, -0.1) is 0 Å². The number of aryl methyl sites for hydroxylation is 1. The Balaban J connectivity index is 1.63. The second kappa shape index (κ2) is 8.02. The number of hydrogen-bond acceptors (Lipinski definition) is 3. The van der Waals surface area contributed by atoms with Crippen LogP contribution in [-0.4, -0.2) is 20.3 Å². The zero-order valence-electron chi connectivity index (χ0n) is 17.0. The summed E-state index contributed by atoms with van der Waals surface area (Å²) < 4.78 is 5.65. The van der Waals surface area contributed by atoms with Crippen LogP contribution in [0.1, 0.15) is 36.8 Å². The normalized spacial score (nSPS) is 11.8. The zero-order valence-corrected chi connectivity index (χ0v) is 19.2. The van der Waals surface area contributed by atoms with E-state index in [1.807, 2.05) is 24.4 Å². The van der Waals surface area contributed by atoms with Crippen molar-refractivity contribution in [1.29, 1.82) is 0 Å². The van der Waals surface area contributed by atoms with Crippen LogP contribution in [-0.2, 0) is 0 Å². The molecule has 0 saturated carbocycles. The fraction of sp³-hybridized carbons (Fsp3) is 0.217. The summed E-state index contributed by atoms with van der Waals surface area (Å²) in [5, 5.41) is 4.50. The van der Waals surface area contributed by atoms with Gasteiger partial charge in [-0.3, -0.25) is 0 Å². The highest BCUT2D eigenvalue weighted by molar-refractivity contribution is 14.1. The predicted molar refractivity (Wildman–Crippen MR) is 129 cm³/mol. The van der Waals surface area contributed by atoms with E-state index in [9.17, 15) is 0 Å². The Morgan fingerprint density at radius 2 is 1.79 bits per heavy atom. The average molecular weight is 497 g/mol. The summed E-state index contributed by atoms with van der Waals surface area (Å²) in [4.78, 5) is 4.70. The number of hydrazone groups is 1. The maximum absolute atomic E-state index is 4.70. The van der Waals surface area contributed by atoms with E-state index in [1.54, 1.807) is 0 Å². The first kappa shape index (κ1) is 19.7. The van der Waals surface area contributed by atoms with Crippen LogP contribution in [0.2, 0.25) is 0 Å². The molecule has 0 saturated heterocycles. The number of nitrogens with zero attached hydrogens (tertiary/aromatic N) is 4. The maximum Gasteiger partial charge on any atom is 0.224 e. The summed E-state index contributed by atoms with van der Waals surface area (Å²) in [5.74, 6) is 0.754. The number of rotatable bonds is 5. The van der Waals surface area contributed by atoms with Crippen LogP contribution in [0.3, 0.4) is 0 Å². The van der Waals surface area contributed by atoms with E-state index in [1.165, 1.54) is 9.26 Å². The van der Waals surface area contributed by atoms with Crippen molar-refractivity contribution in [2.75, 3.05) is 5.43 Å². The Labute approximate surface area is 184 Å². The fourth-order valence-electron chi connectivity index (χ4n) is 3.71. The molecule has 148 valence electrons. The van der Waals surface area contributed by atoms with Gasteiger partial charge in [0, 0.05) is 32.3 Å². The second-order valence-electron chi connectivity index (χ2n) is 7.40. The zero-order chi connectivity index (χ0) is 20.5. The highest BCUT2D eigenvalue weighted by Crippen LogP contribution is 2.24. The first-order valence-corrected chi connectivity index (χ1v) is 10.7. The molecule has 2 aromatic heterocycles. The van der Waals surface area contributed by atoms with E-state index in [4.69, 9.17) is 4.98 Å². The largest absolute Gasteiger partial charge is 0.318 e. The molecule has 0 aliphatic heterocycles. The molecular formula is C23H24IN5. The van der Waals surface area contributed by atoms with Gasteiger partial charge in [-0.05, 0) is 92.8 Å². The van der Waals surface area contributed by atoms with E-state index in [0.29, 0.717) is 0 Å². The topological polar surface area (TPSA) is 47.1 Å². The van der Waals surface area contributed by atoms with E-state index in [2.05, 4.69) is 106 Å². The van der Waals surface area contributed by atoms with Crippen LogP contribution < -0.4 is 5.43 Å². The van der Waals surface area contributed by atoms with E-state index in [-0.39, 0.29) is 6.04 Å². The lowest BCUT2D eigenvalue weighted by Gasteiger charge is -2.12. The van der Waals surface area contributed by atoms with Gasteiger partial charge >= 0.3 is 0 Å². The van der Waals surface area contributed by atoms with E-state index in [0.717, 1.165) is 33.9 Å². The van der Waals surface area contributed by atoms with Gasteiger partial charge in [0.25, 0.3) is 0 Å². The SMILES string of the molecule is Cc1cc(/C=N/Nc2nc3ccccc3n2C(C)C)c(C)n1-c1ccc(I)cc1. The Morgan fingerprint density at radius 3 is 2.52 bits per heavy atom. The van der Waals surface area contributed by atoms with Gasteiger partial charge in [-0.2, -0.15) is 5.10 Å². The number of nitrogens with one attached hydrogen (secondary N) is 1. The summed E-state index contributed by atoms with van der Waals surface area (Å²) in [5.41, 5.74) is 9.81. The fourth-order valence-corrected chi connectivity index (χ4v) is 4.07. The van der Waals surface area contributed by atoms with Crippen LogP contribution in [0.25, 0.3) is 16.7 Å². The summed E-state index contributed by atoms with van der Waals surface area (Å²) in [6.45, 7) is 8.54. The molecule has 1 N–H and O–H groups in total. The average Bonchev–Trinajstić information content (AvgIpc) is 3.20. The molecular weight excluding hydrogens is 473 g/mol. The van der Waals surface area contributed by atoms with Crippen molar-refractivity contribution >= 4 is 45.8 Å².